The van der Waals surface area contributed by atoms with Crippen LogP contribution in [0, 0.1) is 0 Å². The molecular formula is C12H12BrClN2O3S. The van der Waals surface area contributed by atoms with Crippen LogP contribution in [-0.2, 0) is 16.6 Å². The van der Waals surface area contributed by atoms with Gasteiger partial charge in [0.2, 0.25) is 10.0 Å². The monoisotopic (exact) mass is 378 g/mol. The molecule has 1 aromatic carbocycles. The first-order valence-electron chi connectivity index (χ1n) is 5.57. The molecule has 2 rings (SSSR count). The molecule has 0 aliphatic heterocycles. The van der Waals surface area contributed by atoms with E-state index in [9.17, 15) is 8.42 Å². The molecule has 0 spiro atoms. The Bertz CT molecular complexity index is 710. The van der Waals surface area contributed by atoms with Crippen LogP contribution >= 0.6 is 27.5 Å². The van der Waals surface area contributed by atoms with Gasteiger partial charge in [-0.05, 0) is 40.2 Å². The molecule has 108 valence electrons. The van der Waals surface area contributed by atoms with Crippen molar-refractivity contribution in [2.75, 3.05) is 12.8 Å². The van der Waals surface area contributed by atoms with Gasteiger partial charge < -0.3 is 10.2 Å². The Labute approximate surface area is 130 Å². The molecule has 0 amide bonds. The van der Waals surface area contributed by atoms with E-state index in [1.807, 2.05) is 0 Å². The van der Waals surface area contributed by atoms with Gasteiger partial charge in [-0.15, -0.1) is 0 Å². The molecule has 0 radical (unpaired) electrons. The lowest BCUT2D eigenvalue weighted by Crippen LogP contribution is -2.27. The molecule has 1 heterocycles. The zero-order valence-electron chi connectivity index (χ0n) is 10.5. The summed E-state index contributed by atoms with van der Waals surface area (Å²) in [5, 5.41) is 0.0949. The third-order valence-corrected chi connectivity index (χ3v) is 5.45. The Hall–Kier alpha value is -1.02. The lowest BCUT2D eigenvalue weighted by molar-refractivity contribution is 0.399. The number of anilines is 1. The van der Waals surface area contributed by atoms with Crippen molar-refractivity contribution in [2.45, 2.75) is 11.4 Å². The molecule has 2 N–H and O–H groups in total. The van der Waals surface area contributed by atoms with Gasteiger partial charge in [-0.3, -0.25) is 0 Å². The van der Waals surface area contributed by atoms with E-state index in [2.05, 4.69) is 15.9 Å². The van der Waals surface area contributed by atoms with E-state index in [-0.39, 0.29) is 22.2 Å². The zero-order valence-corrected chi connectivity index (χ0v) is 13.7. The van der Waals surface area contributed by atoms with E-state index in [1.165, 1.54) is 19.2 Å². The average Bonchev–Trinajstić information content (AvgIpc) is 2.74. The second kappa shape index (κ2) is 5.77. The Morgan fingerprint density at radius 3 is 2.60 bits per heavy atom. The number of rotatable bonds is 4. The first-order chi connectivity index (χ1) is 9.32. The summed E-state index contributed by atoms with van der Waals surface area (Å²) in [4.78, 5) is -0.0882. The number of furan rings is 1. The third-order valence-electron chi connectivity index (χ3n) is 2.67. The molecule has 0 aliphatic carbocycles. The quantitative estimate of drug-likeness (QED) is 0.828. The highest BCUT2D eigenvalue weighted by Gasteiger charge is 2.26. The van der Waals surface area contributed by atoms with Crippen LogP contribution in [0.2, 0.25) is 5.02 Å². The maximum atomic E-state index is 12.5. The molecule has 0 aliphatic rings. The van der Waals surface area contributed by atoms with E-state index in [0.29, 0.717) is 10.4 Å². The van der Waals surface area contributed by atoms with Gasteiger partial charge in [0.15, 0.2) is 4.67 Å². The summed E-state index contributed by atoms with van der Waals surface area (Å²) in [5.74, 6) is 0.508. The van der Waals surface area contributed by atoms with Gasteiger partial charge in [-0.1, -0.05) is 17.7 Å². The van der Waals surface area contributed by atoms with Gasteiger partial charge in [-0.25, -0.2) is 8.42 Å². The molecule has 1 aromatic heterocycles. The summed E-state index contributed by atoms with van der Waals surface area (Å²) in [6.45, 7) is 0.0819. The molecule has 0 unspecified atom stereocenters. The minimum atomic E-state index is -3.79. The van der Waals surface area contributed by atoms with E-state index in [0.717, 1.165) is 4.31 Å². The van der Waals surface area contributed by atoms with Gasteiger partial charge in [0.05, 0.1) is 17.3 Å². The van der Waals surface area contributed by atoms with Crippen molar-refractivity contribution in [1.82, 2.24) is 4.31 Å². The Morgan fingerprint density at radius 2 is 2.05 bits per heavy atom. The van der Waals surface area contributed by atoms with Crippen LogP contribution in [0.15, 0.2) is 44.3 Å². The highest BCUT2D eigenvalue weighted by Crippen LogP contribution is 2.30. The number of benzene rings is 1. The second-order valence-electron chi connectivity index (χ2n) is 4.13. The smallest absolute Gasteiger partial charge is 0.246 e. The predicted molar refractivity (Wildman–Crippen MR) is 80.9 cm³/mol. The Kier molecular flexibility index (Phi) is 4.43. The second-order valence-corrected chi connectivity index (χ2v) is 7.30. The standard InChI is InChI=1S/C12H12BrClN2O3S/c1-16(7-8-5-6-11(13)19-8)20(17,18)12-9(14)3-2-4-10(12)15/h2-6H,7,15H2,1H3. The van der Waals surface area contributed by atoms with Crippen molar-refractivity contribution < 1.29 is 12.8 Å². The van der Waals surface area contributed by atoms with Crippen molar-refractivity contribution in [3.8, 4) is 0 Å². The van der Waals surface area contributed by atoms with Crippen molar-refractivity contribution in [2.24, 2.45) is 0 Å². The SMILES string of the molecule is CN(Cc1ccc(Br)o1)S(=O)(=O)c1c(N)cccc1Cl. The van der Waals surface area contributed by atoms with E-state index in [1.54, 1.807) is 18.2 Å². The van der Waals surface area contributed by atoms with Crippen LogP contribution < -0.4 is 5.73 Å². The number of hydrogen-bond acceptors (Lipinski definition) is 4. The number of nitrogen functional groups attached to an aromatic ring is 1. The maximum absolute atomic E-state index is 12.5. The molecular weight excluding hydrogens is 368 g/mol. The summed E-state index contributed by atoms with van der Waals surface area (Å²) in [7, 11) is -2.35. The van der Waals surface area contributed by atoms with Crippen LogP contribution in [0.3, 0.4) is 0 Å². The van der Waals surface area contributed by atoms with Gasteiger partial charge in [0.1, 0.15) is 10.7 Å². The summed E-state index contributed by atoms with van der Waals surface area (Å²) >= 11 is 9.11. The molecule has 2 aromatic rings. The lowest BCUT2D eigenvalue weighted by atomic mass is 10.3. The summed E-state index contributed by atoms with van der Waals surface area (Å²) in [5.41, 5.74) is 5.84. The lowest BCUT2D eigenvalue weighted by Gasteiger charge is -2.18. The van der Waals surface area contributed by atoms with E-state index in [4.69, 9.17) is 21.8 Å². The number of nitrogens with zero attached hydrogens (tertiary/aromatic N) is 1. The largest absolute Gasteiger partial charge is 0.453 e. The first-order valence-corrected chi connectivity index (χ1v) is 8.18. The highest BCUT2D eigenvalue weighted by atomic mass is 79.9. The number of hydrogen-bond donors (Lipinski definition) is 1. The van der Waals surface area contributed by atoms with Crippen molar-refractivity contribution in [3.05, 3.63) is 45.8 Å². The minimum Gasteiger partial charge on any atom is -0.453 e. The van der Waals surface area contributed by atoms with Gasteiger partial charge in [-0.2, -0.15) is 4.31 Å². The minimum absolute atomic E-state index is 0.0819. The molecule has 20 heavy (non-hydrogen) atoms. The Morgan fingerprint density at radius 1 is 1.35 bits per heavy atom. The van der Waals surface area contributed by atoms with E-state index < -0.39 is 10.0 Å². The zero-order chi connectivity index (χ0) is 14.9. The third kappa shape index (κ3) is 3.01. The number of halogens is 2. The van der Waals surface area contributed by atoms with Crippen LogP contribution in [-0.4, -0.2) is 19.8 Å². The molecule has 0 atom stereocenters. The molecule has 8 heteroatoms. The van der Waals surface area contributed by atoms with Crippen LogP contribution in [0.5, 0.6) is 0 Å². The average molecular weight is 380 g/mol. The summed E-state index contributed by atoms with van der Waals surface area (Å²) < 4.78 is 32.0. The van der Waals surface area contributed by atoms with Crippen molar-refractivity contribution in [3.63, 3.8) is 0 Å². The Balaban J connectivity index is 2.35. The van der Waals surface area contributed by atoms with Crippen LogP contribution in [0.25, 0.3) is 0 Å². The molecule has 0 fully saturated rings. The van der Waals surface area contributed by atoms with Gasteiger partial charge >= 0.3 is 0 Å². The molecule has 0 saturated heterocycles. The van der Waals surface area contributed by atoms with Crippen LogP contribution in [0.4, 0.5) is 5.69 Å². The maximum Gasteiger partial charge on any atom is 0.246 e. The van der Waals surface area contributed by atoms with Crippen molar-refractivity contribution >= 4 is 43.2 Å². The molecule has 0 bridgehead atoms. The highest BCUT2D eigenvalue weighted by molar-refractivity contribution is 9.10. The van der Waals surface area contributed by atoms with Crippen molar-refractivity contribution in [1.29, 1.82) is 0 Å². The fourth-order valence-corrected chi connectivity index (χ4v) is 3.80. The summed E-state index contributed by atoms with van der Waals surface area (Å²) in [6.07, 6.45) is 0. The molecule has 0 saturated carbocycles. The molecule has 5 nitrogen and oxygen atoms in total. The first kappa shape index (κ1) is 15.4. The number of nitrogens with two attached hydrogens (primary N) is 1. The number of sulfonamides is 1. The van der Waals surface area contributed by atoms with E-state index >= 15 is 0 Å². The fraction of sp³-hybridized carbons (Fsp3) is 0.167. The van der Waals surface area contributed by atoms with Crippen LogP contribution in [0.1, 0.15) is 5.76 Å². The fourth-order valence-electron chi connectivity index (χ4n) is 1.69. The topological polar surface area (TPSA) is 76.5 Å². The summed E-state index contributed by atoms with van der Waals surface area (Å²) in [6, 6.07) is 7.96. The predicted octanol–water partition coefficient (Wildman–Crippen LogP) is 3.10. The normalized spacial score (nSPS) is 12.0. The van der Waals surface area contributed by atoms with Gasteiger partial charge in [0.25, 0.3) is 0 Å². The van der Waals surface area contributed by atoms with Gasteiger partial charge in [0, 0.05) is 7.05 Å².